The Labute approximate surface area is 159 Å². The molecule has 0 atom stereocenters. The topological polar surface area (TPSA) is 80.2 Å². The van der Waals surface area contributed by atoms with Crippen LogP contribution in [-0.2, 0) is 16.6 Å². The van der Waals surface area contributed by atoms with Crippen LogP contribution in [0.15, 0.2) is 41.5 Å². The highest BCUT2D eigenvalue weighted by molar-refractivity contribution is 5.86. The van der Waals surface area contributed by atoms with Gasteiger partial charge in [0.05, 0.1) is 26.9 Å². The predicted octanol–water partition coefficient (Wildman–Crippen LogP) is 3.40. The first-order valence-corrected chi connectivity index (χ1v) is 8.61. The van der Waals surface area contributed by atoms with Crippen molar-refractivity contribution in [1.82, 2.24) is 5.43 Å². The van der Waals surface area contributed by atoms with Crippen molar-refractivity contribution in [2.75, 3.05) is 14.2 Å². The van der Waals surface area contributed by atoms with Gasteiger partial charge < -0.3 is 14.6 Å². The van der Waals surface area contributed by atoms with Crippen molar-refractivity contribution < 1.29 is 19.4 Å². The van der Waals surface area contributed by atoms with Crippen LogP contribution >= 0.6 is 0 Å². The third-order valence-corrected chi connectivity index (χ3v) is 4.10. The summed E-state index contributed by atoms with van der Waals surface area (Å²) in [6.45, 7) is 6.27. The van der Waals surface area contributed by atoms with E-state index in [9.17, 15) is 9.90 Å². The number of ether oxygens (including phenoxy) is 2. The van der Waals surface area contributed by atoms with Crippen molar-refractivity contribution in [3.63, 3.8) is 0 Å². The molecule has 6 nitrogen and oxygen atoms in total. The van der Waals surface area contributed by atoms with Crippen molar-refractivity contribution in [2.45, 2.75) is 32.6 Å². The van der Waals surface area contributed by atoms with Gasteiger partial charge in [-0.2, -0.15) is 5.10 Å². The lowest BCUT2D eigenvalue weighted by atomic mass is 9.86. The molecule has 1 amide bonds. The first-order valence-electron chi connectivity index (χ1n) is 8.61. The van der Waals surface area contributed by atoms with Crippen LogP contribution in [-0.4, -0.2) is 31.4 Å². The number of rotatable bonds is 6. The molecular weight excluding hydrogens is 344 g/mol. The number of carbonyl (C=O) groups excluding carboxylic acids is 1. The van der Waals surface area contributed by atoms with Gasteiger partial charge in [0.2, 0.25) is 5.91 Å². The summed E-state index contributed by atoms with van der Waals surface area (Å²) in [5.74, 6) is 1.01. The zero-order valence-electron chi connectivity index (χ0n) is 16.4. The summed E-state index contributed by atoms with van der Waals surface area (Å²) in [5.41, 5.74) is 4.82. The zero-order valence-corrected chi connectivity index (χ0v) is 16.4. The van der Waals surface area contributed by atoms with Crippen LogP contribution in [0.2, 0.25) is 0 Å². The molecule has 0 spiro atoms. The van der Waals surface area contributed by atoms with Crippen LogP contribution < -0.4 is 14.9 Å². The van der Waals surface area contributed by atoms with Crippen molar-refractivity contribution in [3.05, 3.63) is 53.1 Å². The standard InChI is InChI=1S/C21H26N2O4/c1-21(2,3)16-7-8-17(24)15(12-16)13-22-23-20(25)11-14-6-9-18(26-4)19(10-14)27-5/h6-10,12-13,24H,11H2,1-5H3,(H,23,25)/b22-13-. The maximum absolute atomic E-state index is 12.1. The Morgan fingerprint density at radius 3 is 2.44 bits per heavy atom. The number of hydrogen-bond acceptors (Lipinski definition) is 5. The van der Waals surface area contributed by atoms with E-state index in [1.807, 2.05) is 12.1 Å². The molecule has 2 N–H and O–H groups in total. The Morgan fingerprint density at radius 2 is 1.81 bits per heavy atom. The van der Waals surface area contributed by atoms with E-state index in [-0.39, 0.29) is 23.5 Å². The van der Waals surface area contributed by atoms with Crippen molar-refractivity contribution in [1.29, 1.82) is 0 Å². The zero-order chi connectivity index (χ0) is 20.0. The number of carbonyl (C=O) groups is 1. The van der Waals surface area contributed by atoms with E-state index in [0.29, 0.717) is 17.1 Å². The van der Waals surface area contributed by atoms with Crippen LogP contribution in [0.1, 0.15) is 37.5 Å². The van der Waals surface area contributed by atoms with Gasteiger partial charge in [-0.3, -0.25) is 4.79 Å². The van der Waals surface area contributed by atoms with E-state index in [1.54, 1.807) is 38.5 Å². The van der Waals surface area contributed by atoms with Crippen LogP contribution in [0.4, 0.5) is 0 Å². The van der Waals surface area contributed by atoms with Gasteiger partial charge in [-0.1, -0.05) is 32.9 Å². The minimum atomic E-state index is -0.273. The van der Waals surface area contributed by atoms with E-state index in [2.05, 4.69) is 31.3 Å². The van der Waals surface area contributed by atoms with Crippen LogP contribution in [0.25, 0.3) is 0 Å². The third-order valence-electron chi connectivity index (χ3n) is 4.10. The number of hydrogen-bond donors (Lipinski definition) is 2. The number of amides is 1. The number of phenols is 1. The normalized spacial score (nSPS) is 11.4. The molecule has 2 aromatic carbocycles. The molecule has 0 bridgehead atoms. The highest BCUT2D eigenvalue weighted by atomic mass is 16.5. The van der Waals surface area contributed by atoms with Crippen LogP contribution in [0.5, 0.6) is 17.2 Å². The number of nitrogens with zero attached hydrogens (tertiary/aromatic N) is 1. The third kappa shape index (κ3) is 5.48. The van der Waals surface area contributed by atoms with Gasteiger partial charge in [-0.15, -0.1) is 0 Å². The minimum absolute atomic E-state index is 0.0487. The Kier molecular flexibility index (Phi) is 6.45. The second-order valence-electron chi connectivity index (χ2n) is 7.18. The Morgan fingerprint density at radius 1 is 1.11 bits per heavy atom. The number of aromatic hydroxyl groups is 1. The summed E-state index contributed by atoms with van der Waals surface area (Å²) in [6, 6.07) is 10.7. The summed E-state index contributed by atoms with van der Waals surface area (Å²) < 4.78 is 10.4. The summed E-state index contributed by atoms with van der Waals surface area (Å²) in [6.07, 6.45) is 1.59. The van der Waals surface area contributed by atoms with Crippen molar-refractivity contribution in [2.24, 2.45) is 5.10 Å². The molecule has 0 radical (unpaired) electrons. The molecule has 0 saturated carbocycles. The largest absolute Gasteiger partial charge is 0.507 e. The lowest BCUT2D eigenvalue weighted by Crippen LogP contribution is -2.20. The first kappa shape index (κ1) is 20.3. The number of benzene rings is 2. The van der Waals surface area contributed by atoms with Gasteiger partial charge in [-0.05, 0) is 40.8 Å². The van der Waals surface area contributed by atoms with Crippen LogP contribution in [0.3, 0.4) is 0 Å². The van der Waals surface area contributed by atoms with Crippen LogP contribution in [0, 0.1) is 0 Å². The SMILES string of the molecule is COc1ccc(CC(=O)N/N=C\c2cc(C(C)(C)C)ccc2O)cc1OC. The molecule has 144 valence electrons. The first-order chi connectivity index (χ1) is 12.7. The number of phenolic OH excluding ortho intramolecular Hbond substituents is 1. The monoisotopic (exact) mass is 370 g/mol. The Hall–Kier alpha value is -3.02. The molecule has 0 heterocycles. The number of hydrazone groups is 1. The fraction of sp³-hybridized carbons (Fsp3) is 0.333. The molecule has 0 aliphatic heterocycles. The smallest absolute Gasteiger partial charge is 0.244 e. The summed E-state index contributed by atoms with van der Waals surface area (Å²) in [5, 5.41) is 13.9. The van der Waals surface area contributed by atoms with Gasteiger partial charge >= 0.3 is 0 Å². The number of methoxy groups -OCH3 is 2. The maximum atomic E-state index is 12.1. The van der Waals surface area contributed by atoms with Gasteiger partial charge in [0.25, 0.3) is 0 Å². The highest BCUT2D eigenvalue weighted by Crippen LogP contribution is 2.28. The second kappa shape index (κ2) is 8.58. The van der Waals surface area contributed by atoms with E-state index in [1.165, 1.54) is 6.21 Å². The molecule has 0 aliphatic rings. The van der Waals surface area contributed by atoms with Crippen molar-refractivity contribution >= 4 is 12.1 Å². The lowest BCUT2D eigenvalue weighted by molar-refractivity contribution is -0.120. The Balaban J connectivity index is 2.03. The fourth-order valence-corrected chi connectivity index (χ4v) is 2.51. The fourth-order valence-electron chi connectivity index (χ4n) is 2.51. The molecule has 2 aromatic rings. The van der Waals surface area contributed by atoms with Gasteiger partial charge in [0.15, 0.2) is 11.5 Å². The molecule has 0 aromatic heterocycles. The van der Waals surface area contributed by atoms with Gasteiger partial charge in [-0.25, -0.2) is 5.43 Å². The maximum Gasteiger partial charge on any atom is 0.244 e. The molecule has 27 heavy (non-hydrogen) atoms. The second-order valence-corrected chi connectivity index (χ2v) is 7.18. The average Bonchev–Trinajstić information content (AvgIpc) is 2.62. The van der Waals surface area contributed by atoms with Gasteiger partial charge in [0.1, 0.15) is 5.75 Å². The summed E-state index contributed by atoms with van der Waals surface area (Å²) in [7, 11) is 3.10. The average molecular weight is 370 g/mol. The lowest BCUT2D eigenvalue weighted by Gasteiger charge is -2.19. The van der Waals surface area contributed by atoms with Gasteiger partial charge in [0, 0.05) is 5.56 Å². The molecule has 0 saturated heterocycles. The molecule has 0 unspecified atom stereocenters. The molecule has 2 rings (SSSR count). The highest BCUT2D eigenvalue weighted by Gasteiger charge is 2.15. The van der Waals surface area contributed by atoms with E-state index < -0.39 is 0 Å². The van der Waals surface area contributed by atoms with E-state index >= 15 is 0 Å². The quantitative estimate of drug-likeness (QED) is 0.603. The molecular formula is C21H26N2O4. The Bertz CT molecular complexity index is 839. The van der Waals surface area contributed by atoms with E-state index in [0.717, 1.165) is 11.1 Å². The van der Waals surface area contributed by atoms with Crippen molar-refractivity contribution in [3.8, 4) is 17.2 Å². The molecule has 6 heteroatoms. The summed E-state index contributed by atoms with van der Waals surface area (Å²) in [4.78, 5) is 12.1. The molecule has 0 aliphatic carbocycles. The minimum Gasteiger partial charge on any atom is -0.507 e. The molecule has 0 fully saturated rings. The predicted molar refractivity (Wildman–Crippen MR) is 106 cm³/mol. The summed E-state index contributed by atoms with van der Waals surface area (Å²) >= 11 is 0. The number of nitrogens with one attached hydrogen (secondary N) is 1. The van der Waals surface area contributed by atoms with E-state index in [4.69, 9.17) is 9.47 Å².